The minimum atomic E-state index is -0.941. The van der Waals surface area contributed by atoms with Gasteiger partial charge in [0.2, 0.25) is 0 Å². The average Bonchev–Trinajstić information content (AvgIpc) is 2.83. The molecule has 2 aliphatic rings. The number of hydrogen-bond acceptors (Lipinski definition) is 2. The molecule has 0 spiro atoms. The maximum absolute atomic E-state index is 9.57. The maximum Gasteiger partial charge on any atom is 0.0520 e. The normalized spacial score (nSPS) is 33.2. The lowest BCUT2D eigenvalue weighted by atomic mass is 9.84. The molecule has 1 aliphatic carbocycles. The first-order valence-corrected chi connectivity index (χ1v) is 9.48. The molecule has 110 valence electrons. The first-order chi connectivity index (χ1) is 9.03. The first-order valence-electron chi connectivity index (χ1n) is 7.60. The predicted octanol–water partition coefficient (Wildman–Crippen LogP) is 4.03. The Bertz CT molecular complexity index is 356. The molecule has 0 amide bonds. The van der Waals surface area contributed by atoms with Gasteiger partial charge in [0.1, 0.15) is 0 Å². The summed E-state index contributed by atoms with van der Waals surface area (Å²) in [6.07, 6.45) is 10.0. The van der Waals surface area contributed by atoms with Crippen molar-refractivity contribution >= 4 is 10.2 Å². The third-order valence-corrected chi connectivity index (χ3v) is 7.99. The molecule has 0 radical (unpaired) electrons. The molecule has 3 heteroatoms. The molecule has 2 nitrogen and oxygen atoms in total. The summed E-state index contributed by atoms with van der Waals surface area (Å²) < 4.78 is 2.38. The number of allylic oxidation sites excluding steroid dienone is 2. The van der Waals surface area contributed by atoms with Crippen LogP contribution in [0.5, 0.6) is 0 Å². The molecular weight excluding hydrogens is 254 g/mol. The largest absolute Gasteiger partial charge is 0.393 e. The molecule has 2 atom stereocenters. The molecule has 1 heterocycles. The molecule has 2 rings (SSSR count). The smallest absolute Gasteiger partial charge is 0.0520 e. The van der Waals surface area contributed by atoms with E-state index in [-0.39, 0.29) is 6.10 Å². The summed E-state index contributed by atoms with van der Waals surface area (Å²) in [5.41, 5.74) is 1.58. The van der Waals surface area contributed by atoms with Gasteiger partial charge in [0.15, 0.2) is 0 Å². The SMILES string of the molecule is CC(O)CCS1(N(C)C)C=CC(C2CCCCC2)=C1. The Hall–Kier alpha value is -0.250. The van der Waals surface area contributed by atoms with Gasteiger partial charge in [-0.2, -0.15) is 0 Å². The fraction of sp³-hybridized carbons (Fsp3) is 0.750. The van der Waals surface area contributed by atoms with Crippen LogP contribution in [0.4, 0.5) is 0 Å². The Morgan fingerprint density at radius 2 is 2.00 bits per heavy atom. The van der Waals surface area contributed by atoms with Gasteiger partial charge in [-0.1, -0.05) is 25.3 Å². The summed E-state index contributed by atoms with van der Waals surface area (Å²) in [5, 5.41) is 14.6. The molecule has 0 aromatic rings. The lowest BCUT2D eigenvalue weighted by Crippen LogP contribution is -2.20. The second-order valence-corrected chi connectivity index (χ2v) is 9.48. The number of nitrogens with zero attached hydrogens (tertiary/aromatic N) is 1. The highest BCUT2D eigenvalue weighted by Gasteiger charge is 2.29. The monoisotopic (exact) mass is 283 g/mol. The Kier molecular flexibility index (Phi) is 5.15. The molecule has 19 heavy (non-hydrogen) atoms. The molecular formula is C16H29NOS. The Morgan fingerprint density at radius 1 is 1.32 bits per heavy atom. The van der Waals surface area contributed by atoms with Crippen LogP contribution in [0.3, 0.4) is 0 Å². The summed E-state index contributed by atoms with van der Waals surface area (Å²) in [5.74, 6) is 1.88. The predicted molar refractivity (Wildman–Crippen MR) is 86.2 cm³/mol. The third-order valence-electron chi connectivity index (χ3n) is 4.46. The van der Waals surface area contributed by atoms with E-state index in [1.807, 2.05) is 6.92 Å². The number of aliphatic hydroxyl groups is 1. The highest BCUT2D eigenvalue weighted by Crippen LogP contribution is 2.59. The molecule has 1 aliphatic heterocycles. The van der Waals surface area contributed by atoms with Crippen LogP contribution in [-0.2, 0) is 0 Å². The van der Waals surface area contributed by atoms with Gasteiger partial charge >= 0.3 is 0 Å². The van der Waals surface area contributed by atoms with Crippen LogP contribution in [0.25, 0.3) is 0 Å². The van der Waals surface area contributed by atoms with E-state index in [0.717, 1.165) is 18.1 Å². The Labute approximate surface area is 120 Å². The fourth-order valence-electron chi connectivity index (χ4n) is 3.07. The van der Waals surface area contributed by atoms with Crippen molar-refractivity contribution in [2.45, 2.75) is 51.6 Å². The van der Waals surface area contributed by atoms with Gasteiger partial charge in [-0.3, -0.25) is 4.31 Å². The first kappa shape index (κ1) is 15.1. The second kappa shape index (κ2) is 6.47. The van der Waals surface area contributed by atoms with E-state index in [9.17, 15) is 5.11 Å². The van der Waals surface area contributed by atoms with Gasteiger partial charge in [-0.25, -0.2) is 0 Å². The van der Waals surface area contributed by atoms with Crippen molar-refractivity contribution in [3.05, 3.63) is 22.5 Å². The molecule has 1 saturated carbocycles. The summed E-state index contributed by atoms with van der Waals surface area (Å²) in [7, 11) is 3.42. The standard InChI is InChI=1S/C16H29NOS/c1-14(18)9-11-19(17(2)3)12-10-16(13-19)15-7-5-4-6-8-15/h10,12-15,18H,4-9,11H2,1-3H3. The van der Waals surface area contributed by atoms with Crippen LogP contribution in [0.2, 0.25) is 0 Å². The summed E-state index contributed by atoms with van der Waals surface area (Å²) in [4.78, 5) is 0. The van der Waals surface area contributed by atoms with Crippen LogP contribution in [-0.4, -0.2) is 35.4 Å². The van der Waals surface area contributed by atoms with Crippen molar-refractivity contribution in [2.24, 2.45) is 5.92 Å². The zero-order valence-electron chi connectivity index (χ0n) is 12.6. The van der Waals surface area contributed by atoms with E-state index in [1.165, 1.54) is 32.1 Å². The van der Waals surface area contributed by atoms with Gasteiger partial charge < -0.3 is 5.11 Å². The van der Waals surface area contributed by atoms with Crippen molar-refractivity contribution in [3.8, 4) is 0 Å². The van der Waals surface area contributed by atoms with E-state index in [2.05, 4.69) is 35.3 Å². The molecule has 0 saturated heterocycles. The molecule has 1 fully saturated rings. The van der Waals surface area contributed by atoms with Crippen LogP contribution in [0, 0.1) is 5.92 Å². The van der Waals surface area contributed by atoms with Crippen molar-refractivity contribution in [2.75, 3.05) is 19.8 Å². The molecule has 0 bridgehead atoms. The Morgan fingerprint density at radius 3 is 2.58 bits per heavy atom. The molecule has 1 N–H and O–H groups in total. The summed E-state index contributed by atoms with van der Waals surface area (Å²) in [6, 6.07) is 0. The lowest BCUT2D eigenvalue weighted by Gasteiger charge is -2.39. The summed E-state index contributed by atoms with van der Waals surface area (Å²) >= 11 is 0. The minimum Gasteiger partial charge on any atom is -0.393 e. The van der Waals surface area contributed by atoms with E-state index >= 15 is 0 Å². The number of hydrogen-bond donors (Lipinski definition) is 1. The lowest BCUT2D eigenvalue weighted by molar-refractivity contribution is 0.191. The van der Waals surface area contributed by atoms with Crippen molar-refractivity contribution in [1.82, 2.24) is 4.31 Å². The zero-order chi connectivity index (χ0) is 13.9. The molecule has 2 unspecified atom stereocenters. The number of aliphatic hydroxyl groups excluding tert-OH is 1. The second-order valence-electron chi connectivity index (χ2n) is 6.22. The van der Waals surface area contributed by atoms with Crippen LogP contribution in [0.1, 0.15) is 45.4 Å². The van der Waals surface area contributed by atoms with Gasteiger partial charge in [0.05, 0.1) is 6.10 Å². The van der Waals surface area contributed by atoms with Gasteiger partial charge in [-0.15, -0.1) is 10.2 Å². The van der Waals surface area contributed by atoms with Crippen molar-refractivity contribution in [3.63, 3.8) is 0 Å². The highest BCUT2D eigenvalue weighted by molar-refractivity contribution is 8.36. The fourth-order valence-corrected chi connectivity index (χ4v) is 6.08. The zero-order valence-corrected chi connectivity index (χ0v) is 13.5. The van der Waals surface area contributed by atoms with Crippen LogP contribution in [0.15, 0.2) is 22.5 Å². The quantitative estimate of drug-likeness (QED) is 0.823. The van der Waals surface area contributed by atoms with Crippen LogP contribution < -0.4 is 0 Å². The topological polar surface area (TPSA) is 23.5 Å². The minimum absolute atomic E-state index is 0.190. The van der Waals surface area contributed by atoms with Gasteiger partial charge in [0.25, 0.3) is 0 Å². The van der Waals surface area contributed by atoms with Crippen molar-refractivity contribution in [1.29, 1.82) is 0 Å². The van der Waals surface area contributed by atoms with Crippen LogP contribution >= 0.6 is 10.2 Å². The van der Waals surface area contributed by atoms with E-state index < -0.39 is 10.2 Å². The molecule has 0 aromatic heterocycles. The third kappa shape index (κ3) is 3.65. The average molecular weight is 283 g/mol. The van der Waals surface area contributed by atoms with Gasteiger partial charge in [-0.05, 0) is 68.3 Å². The summed E-state index contributed by atoms with van der Waals surface area (Å²) in [6.45, 7) is 1.90. The maximum atomic E-state index is 9.57. The number of rotatable bonds is 5. The highest BCUT2D eigenvalue weighted by atomic mass is 32.3. The van der Waals surface area contributed by atoms with Gasteiger partial charge in [0, 0.05) is 0 Å². The van der Waals surface area contributed by atoms with E-state index in [0.29, 0.717) is 0 Å². The van der Waals surface area contributed by atoms with E-state index in [4.69, 9.17) is 0 Å². The Balaban J connectivity index is 2.09. The van der Waals surface area contributed by atoms with E-state index in [1.54, 1.807) is 5.57 Å². The molecule has 0 aromatic carbocycles. The van der Waals surface area contributed by atoms with Crippen molar-refractivity contribution < 1.29 is 5.11 Å².